The van der Waals surface area contributed by atoms with E-state index in [2.05, 4.69) is 4.98 Å². The lowest BCUT2D eigenvalue weighted by atomic mass is 9.99. The molecule has 0 amide bonds. The van der Waals surface area contributed by atoms with Crippen LogP contribution in [0.5, 0.6) is 0 Å². The summed E-state index contributed by atoms with van der Waals surface area (Å²) in [7, 11) is 0. The summed E-state index contributed by atoms with van der Waals surface area (Å²) in [5.41, 5.74) is 5.58. The fourth-order valence-corrected chi connectivity index (χ4v) is 3.04. The zero-order chi connectivity index (χ0) is 15.4. The molecular formula is C14H24N4O3. The van der Waals surface area contributed by atoms with Gasteiger partial charge in [-0.2, -0.15) is 0 Å². The summed E-state index contributed by atoms with van der Waals surface area (Å²) in [4.78, 5) is 28.4. The highest BCUT2D eigenvalue weighted by Gasteiger charge is 2.27. The fraction of sp³-hybridized carbons (Fsp3) is 0.714. The van der Waals surface area contributed by atoms with E-state index >= 15 is 0 Å². The summed E-state index contributed by atoms with van der Waals surface area (Å²) < 4.78 is 1.42. The molecule has 118 valence electrons. The van der Waals surface area contributed by atoms with Crippen molar-refractivity contribution >= 4 is 11.5 Å². The number of nitrogen functional groups attached to an aromatic ring is 1. The Balaban J connectivity index is 2.48. The minimum atomic E-state index is -0.459. The van der Waals surface area contributed by atoms with Gasteiger partial charge in [0.05, 0.1) is 0 Å². The molecule has 1 saturated heterocycles. The minimum Gasteiger partial charge on any atom is -0.396 e. The number of H-pyrrole nitrogens is 1. The number of aromatic nitrogens is 2. The van der Waals surface area contributed by atoms with Crippen LogP contribution in [0.2, 0.25) is 0 Å². The Morgan fingerprint density at radius 2 is 2.14 bits per heavy atom. The van der Waals surface area contributed by atoms with Gasteiger partial charge in [0.1, 0.15) is 11.5 Å². The molecule has 1 atom stereocenters. The van der Waals surface area contributed by atoms with Crippen molar-refractivity contribution in [1.29, 1.82) is 0 Å². The molecule has 7 heteroatoms. The first-order valence-electron chi connectivity index (χ1n) is 7.60. The third-order valence-corrected chi connectivity index (χ3v) is 4.04. The predicted octanol–water partition coefficient (Wildman–Crippen LogP) is 0.270. The van der Waals surface area contributed by atoms with Crippen molar-refractivity contribution < 1.29 is 5.11 Å². The molecule has 2 rings (SSSR count). The van der Waals surface area contributed by atoms with Crippen LogP contribution in [0.15, 0.2) is 9.59 Å². The maximum Gasteiger partial charge on any atom is 0.330 e. The SMILES string of the molecule is CCCn1c(N)c(N2CCCCC2CCO)c(=O)[nH]c1=O. The average Bonchev–Trinajstić information content (AvgIpc) is 2.45. The Morgan fingerprint density at radius 3 is 2.81 bits per heavy atom. The Kier molecular flexibility index (Phi) is 5.06. The van der Waals surface area contributed by atoms with Crippen LogP contribution in [0.3, 0.4) is 0 Å². The molecule has 0 aromatic carbocycles. The number of aliphatic hydroxyl groups excluding tert-OH is 1. The normalized spacial score (nSPS) is 19.0. The first-order valence-corrected chi connectivity index (χ1v) is 7.60. The Hall–Kier alpha value is -1.76. The van der Waals surface area contributed by atoms with Crippen molar-refractivity contribution in [1.82, 2.24) is 9.55 Å². The van der Waals surface area contributed by atoms with E-state index in [0.717, 1.165) is 32.2 Å². The maximum absolute atomic E-state index is 12.2. The second-order valence-electron chi connectivity index (χ2n) is 5.50. The van der Waals surface area contributed by atoms with Crippen molar-refractivity contribution in [3.63, 3.8) is 0 Å². The van der Waals surface area contributed by atoms with Crippen LogP contribution in [0.1, 0.15) is 39.0 Å². The standard InChI is InChI=1S/C14H24N4O3/c1-2-7-18-12(15)11(13(20)16-14(18)21)17-8-4-3-5-10(17)6-9-19/h10,19H,2-9,15H2,1H3,(H,16,20,21). The predicted molar refractivity (Wildman–Crippen MR) is 82.7 cm³/mol. The highest BCUT2D eigenvalue weighted by atomic mass is 16.3. The van der Waals surface area contributed by atoms with Gasteiger partial charge in [-0.25, -0.2) is 4.79 Å². The molecule has 0 bridgehead atoms. The van der Waals surface area contributed by atoms with Crippen LogP contribution in [-0.4, -0.2) is 33.9 Å². The van der Waals surface area contributed by atoms with E-state index in [1.807, 2.05) is 11.8 Å². The molecule has 21 heavy (non-hydrogen) atoms. The lowest BCUT2D eigenvalue weighted by molar-refractivity contribution is 0.262. The van der Waals surface area contributed by atoms with Gasteiger partial charge in [-0.15, -0.1) is 0 Å². The maximum atomic E-state index is 12.2. The van der Waals surface area contributed by atoms with Crippen LogP contribution in [-0.2, 0) is 6.54 Å². The van der Waals surface area contributed by atoms with E-state index < -0.39 is 11.2 Å². The second-order valence-corrected chi connectivity index (χ2v) is 5.50. The molecule has 4 N–H and O–H groups in total. The number of anilines is 2. The summed E-state index contributed by atoms with van der Waals surface area (Å²) in [6.45, 7) is 3.23. The van der Waals surface area contributed by atoms with Gasteiger partial charge >= 0.3 is 5.69 Å². The molecule has 7 nitrogen and oxygen atoms in total. The number of nitrogens with one attached hydrogen (secondary N) is 1. The molecule has 1 unspecified atom stereocenters. The number of rotatable bonds is 5. The van der Waals surface area contributed by atoms with E-state index in [1.54, 1.807) is 0 Å². The van der Waals surface area contributed by atoms with Crippen molar-refractivity contribution in [2.75, 3.05) is 23.8 Å². The van der Waals surface area contributed by atoms with Gasteiger partial charge in [0.25, 0.3) is 5.56 Å². The van der Waals surface area contributed by atoms with Gasteiger partial charge in [0.15, 0.2) is 0 Å². The number of aromatic amines is 1. The molecular weight excluding hydrogens is 272 g/mol. The number of nitrogens with zero attached hydrogens (tertiary/aromatic N) is 2. The molecule has 0 saturated carbocycles. The zero-order valence-corrected chi connectivity index (χ0v) is 12.5. The van der Waals surface area contributed by atoms with Crippen LogP contribution >= 0.6 is 0 Å². The van der Waals surface area contributed by atoms with Gasteiger partial charge in [-0.05, 0) is 32.1 Å². The third kappa shape index (κ3) is 3.12. The summed E-state index contributed by atoms with van der Waals surface area (Å²) in [6.07, 6.45) is 4.34. The second kappa shape index (κ2) is 6.80. The molecule has 1 fully saturated rings. The van der Waals surface area contributed by atoms with E-state index in [0.29, 0.717) is 18.7 Å². The van der Waals surface area contributed by atoms with Crippen LogP contribution in [0.4, 0.5) is 11.5 Å². The highest BCUT2D eigenvalue weighted by molar-refractivity contribution is 5.63. The molecule has 1 aromatic rings. The topological polar surface area (TPSA) is 104 Å². The van der Waals surface area contributed by atoms with Gasteiger partial charge < -0.3 is 15.7 Å². The number of piperidine rings is 1. The lowest BCUT2D eigenvalue weighted by Gasteiger charge is -2.37. The smallest absolute Gasteiger partial charge is 0.330 e. The summed E-state index contributed by atoms with van der Waals surface area (Å²) in [5.74, 6) is 0.232. The zero-order valence-electron chi connectivity index (χ0n) is 12.5. The summed E-state index contributed by atoms with van der Waals surface area (Å²) in [5, 5.41) is 9.21. The van der Waals surface area contributed by atoms with Crippen LogP contribution in [0, 0.1) is 0 Å². The van der Waals surface area contributed by atoms with Crippen molar-refractivity contribution in [3.8, 4) is 0 Å². The minimum absolute atomic E-state index is 0.0770. The summed E-state index contributed by atoms with van der Waals surface area (Å²) >= 11 is 0. The van der Waals surface area contributed by atoms with E-state index in [9.17, 15) is 14.7 Å². The van der Waals surface area contributed by atoms with Gasteiger partial charge in [0.2, 0.25) is 0 Å². The molecule has 0 spiro atoms. The van der Waals surface area contributed by atoms with E-state index in [1.165, 1.54) is 4.57 Å². The summed E-state index contributed by atoms with van der Waals surface area (Å²) in [6, 6.07) is 0.0970. The Bertz CT molecular complexity index is 591. The largest absolute Gasteiger partial charge is 0.396 e. The van der Waals surface area contributed by atoms with E-state index in [-0.39, 0.29) is 18.5 Å². The molecule has 0 radical (unpaired) electrons. The monoisotopic (exact) mass is 296 g/mol. The lowest BCUT2D eigenvalue weighted by Crippen LogP contribution is -2.45. The molecule has 1 aliphatic rings. The van der Waals surface area contributed by atoms with Gasteiger partial charge in [-0.1, -0.05) is 6.92 Å². The fourth-order valence-electron chi connectivity index (χ4n) is 3.04. The van der Waals surface area contributed by atoms with Crippen LogP contribution < -0.4 is 21.9 Å². The third-order valence-electron chi connectivity index (χ3n) is 4.04. The molecule has 1 aromatic heterocycles. The Morgan fingerprint density at radius 1 is 1.38 bits per heavy atom. The number of nitrogens with two attached hydrogens (primary N) is 1. The van der Waals surface area contributed by atoms with Crippen molar-refractivity contribution in [3.05, 3.63) is 20.8 Å². The molecule has 2 heterocycles. The highest BCUT2D eigenvalue weighted by Crippen LogP contribution is 2.27. The number of hydrogen-bond acceptors (Lipinski definition) is 5. The number of hydrogen-bond donors (Lipinski definition) is 3. The Labute approximate surface area is 123 Å². The van der Waals surface area contributed by atoms with Gasteiger partial charge in [-0.3, -0.25) is 14.3 Å². The first kappa shape index (κ1) is 15.6. The van der Waals surface area contributed by atoms with Crippen LogP contribution in [0.25, 0.3) is 0 Å². The average molecular weight is 296 g/mol. The van der Waals surface area contributed by atoms with Crippen molar-refractivity contribution in [2.24, 2.45) is 0 Å². The van der Waals surface area contributed by atoms with E-state index in [4.69, 9.17) is 5.73 Å². The number of aliphatic hydroxyl groups is 1. The molecule has 0 aliphatic carbocycles. The quantitative estimate of drug-likeness (QED) is 0.723. The first-order chi connectivity index (χ1) is 10.1. The van der Waals surface area contributed by atoms with Gasteiger partial charge in [0, 0.05) is 25.7 Å². The molecule has 1 aliphatic heterocycles. The van der Waals surface area contributed by atoms with Crippen molar-refractivity contribution in [2.45, 2.75) is 51.6 Å².